The summed E-state index contributed by atoms with van der Waals surface area (Å²) in [6, 6.07) is 0.300. The van der Waals surface area contributed by atoms with E-state index in [9.17, 15) is 8.42 Å². The lowest BCUT2D eigenvalue weighted by atomic mass is 10.2. The zero-order chi connectivity index (χ0) is 10.8. The van der Waals surface area contributed by atoms with E-state index in [1.165, 1.54) is 0 Å². The van der Waals surface area contributed by atoms with Crippen LogP contribution in [0.25, 0.3) is 0 Å². The molecule has 0 saturated carbocycles. The SMILES string of the molecule is CCN(CC(C)N)C1CCS(=O)(=O)C1.Cl. The van der Waals surface area contributed by atoms with Gasteiger partial charge < -0.3 is 5.73 Å². The standard InChI is InChI=1S/C9H20N2O2S.ClH/c1-3-11(6-8(2)10)9-4-5-14(12,13)7-9;/h8-9H,3-7,10H2,1-2H3;1H. The van der Waals surface area contributed by atoms with E-state index in [1.807, 2.05) is 13.8 Å². The van der Waals surface area contributed by atoms with Gasteiger partial charge in [0, 0.05) is 18.6 Å². The van der Waals surface area contributed by atoms with Gasteiger partial charge in [-0.3, -0.25) is 4.90 Å². The number of nitrogens with two attached hydrogens (primary N) is 1. The summed E-state index contributed by atoms with van der Waals surface area (Å²) in [5.41, 5.74) is 5.71. The van der Waals surface area contributed by atoms with Gasteiger partial charge in [-0.2, -0.15) is 0 Å². The monoisotopic (exact) mass is 256 g/mol. The third-order valence-electron chi connectivity index (χ3n) is 2.65. The molecule has 0 spiro atoms. The number of hydrogen-bond donors (Lipinski definition) is 1. The molecule has 1 aliphatic heterocycles. The van der Waals surface area contributed by atoms with Crippen LogP contribution in [0.2, 0.25) is 0 Å². The fraction of sp³-hybridized carbons (Fsp3) is 1.00. The van der Waals surface area contributed by atoms with E-state index in [2.05, 4.69) is 4.90 Å². The Morgan fingerprint density at radius 2 is 2.13 bits per heavy atom. The summed E-state index contributed by atoms with van der Waals surface area (Å²) in [5.74, 6) is 0.653. The first kappa shape index (κ1) is 15.2. The van der Waals surface area contributed by atoms with Crippen LogP contribution in [0.1, 0.15) is 20.3 Å². The lowest BCUT2D eigenvalue weighted by Crippen LogP contribution is -2.42. The lowest BCUT2D eigenvalue weighted by Gasteiger charge is -2.27. The predicted octanol–water partition coefficient (Wildman–Crippen LogP) is 0.264. The molecule has 0 aromatic rings. The van der Waals surface area contributed by atoms with Crippen molar-refractivity contribution in [1.82, 2.24) is 4.90 Å². The van der Waals surface area contributed by atoms with E-state index in [4.69, 9.17) is 5.73 Å². The van der Waals surface area contributed by atoms with Crippen LogP contribution in [0.15, 0.2) is 0 Å². The fourth-order valence-electron chi connectivity index (χ4n) is 1.97. The van der Waals surface area contributed by atoms with Crippen LogP contribution in [0, 0.1) is 0 Å². The molecule has 0 aromatic heterocycles. The normalized spacial score (nSPS) is 26.3. The molecule has 1 saturated heterocycles. The van der Waals surface area contributed by atoms with Gasteiger partial charge >= 0.3 is 0 Å². The number of likely N-dealkylation sites (N-methyl/N-ethyl adjacent to an activating group) is 1. The zero-order valence-corrected chi connectivity index (χ0v) is 11.0. The molecule has 4 nitrogen and oxygen atoms in total. The van der Waals surface area contributed by atoms with Crippen LogP contribution in [0.4, 0.5) is 0 Å². The maximum Gasteiger partial charge on any atom is 0.151 e. The van der Waals surface area contributed by atoms with Crippen LogP contribution >= 0.6 is 12.4 Å². The Labute approximate surface area is 98.5 Å². The van der Waals surface area contributed by atoms with Crippen LogP contribution in [0.5, 0.6) is 0 Å². The number of sulfone groups is 1. The summed E-state index contributed by atoms with van der Waals surface area (Å²) in [7, 11) is -2.77. The smallest absolute Gasteiger partial charge is 0.151 e. The van der Waals surface area contributed by atoms with E-state index in [1.54, 1.807) is 0 Å². The van der Waals surface area contributed by atoms with Crippen LogP contribution in [-0.2, 0) is 9.84 Å². The highest BCUT2D eigenvalue weighted by Crippen LogP contribution is 2.17. The van der Waals surface area contributed by atoms with Crippen molar-refractivity contribution in [2.24, 2.45) is 5.73 Å². The predicted molar refractivity (Wildman–Crippen MR) is 65.2 cm³/mol. The van der Waals surface area contributed by atoms with Gasteiger partial charge in [0.05, 0.1) is 11.5 Å². The van der Waals surface area contributed by atoms with Gasteiger partial charge in [-0.25, -0.2) is 8.42 Å². The van der Waals surface area contributed by atoms with E-state index in [0.717, 1.165) is 19.5 Å². The van der Waals surface area contributed by atoms with E-state index in [-0.39, 0.29) is 24.5 Å². The van der Waals surface area contributed by atoms with Crippen LogP contribution in [0.3, 0.4) is 0 Å². The Hall–Kier alpha value is 0.160. The Kier molecular flexibility index (Phi) is 6.10. The topological polar surface area (TPSA) is 63.4 Å². The molecule has 92 valence electrons. The van der Waals surface area contributed by atoms with Gasteiger partial charge in [0.25, 0.3) is 0 Å². The summed E-state index contributed by atoms with van der Waals surface area (Å²) in [4.78, 5) is 2.18. The first-order valence-electron chi connectivity index (χ1n) is 5.14. The summed E-state index contributed by atoms with van der Waals surface area (Å²) in [6.45, 7) is 5.66. The van der Waals surface area contributed by atoms with E-state index in [0.29, 0.717) is 11.5 Å². The summed E-state index contributed by atoms with van der Waals surface area (Å²) in [6.07, 6.45) is 0.767. The Morgan fingerprint density at radius 3 is 2.47 bits per heavy atom. The second-order valence-electron chi connectivity index (χ2n) is 4.12. The molecule has 2 atom stereocenters. The quantitative estimate of drug-likeness (QED) is 0.784. The van der Waals surface area contributed by atoms with Crippen molar-refractivity contribution < 1.29 is 8.42 Å². The van der Waals surface area contributed by atoms with Gasteiger partial charge in [0.1, 0.15) is 0 Å². The number of halogens is 1. The molecule has 2 N–H and O–H groups in total. The van der Waals surface area contributed by atoms with E-state index >= 15 is 0 Å². The molecule has 1 heterocycles. The minimum absolute atomic E-state index is 0. The molecule has 0 aromatic carbocycles. The highest BCUT2D eigenvalue weighted by molar-refractivity contribution is 7.91. The Balaban J connectivity index is 0.00000196. The van der Waals surface area contributed by atoms with Gasteiger partial charge in [-0.15, -0.1) is 12.4 Å². The van der Waals surface area contributed by atoms with Gasteiger partial charge in [0.2, 0.25) is 0 Å². The fourth-order valence-corrected chi connectivity index (χ4v) is 3.73. The van der Waals surface area contributed by atoms with E-state index < -0.39 is 9.84 Å². The lowest BCUT2D eigenvalue weighted by molar-refractivity contribution is 0.213. The summed E-state index contributed by atoms with van der Waals surface area (Å²) >= 11 is 0. The van der Waals surface area contributed by atoms with Crippen molar-refractivity contribution in [1.29, 1.82) is 0 Å². The van der Waals surface area contributed by atoms with Crippen LogP contribution < -0.4 is 5.73 Å². The minimum Gasteiger partial charge on any atom is -0.327 e. The molecule has 0 aliphatic carbocycles. The second-order valence-corrected chi connectivity index (χ2v) is 6.35. The zero-order valence-electron chi connectivity index (χ0n) is 9.35. The molecule has 1 fully saturated rings. The molecule has 0 bridgehead atoms. The Morgan fingerprint density at radius 1 is 1.53 bits per heavy atom. The van der Waals surface area contributed by atoms with Crippen molar-refractivity contribution in [3.8, 4) is 0 Å². The van der Waals surface area contributed by atoms with Gasteiger partial charge in [0.15, 0.2) is 9.84 Å². The summed E-state index contributed by atoms with van der Waals surface area (Å²) in [5, 5.41) is 0. The molecule has 0 radical (unpaired) electrons. The van der Waals surface area contributed by atoms with Crippen molar-refractivity contribution in [3.05, 3.63) is 0 Å². The largest absolute Gasteiger partial charge is 0.327 e. The Bertz CT molecular complexity index is 280. The second kappa shape index (κ2) is 6.03. The molecular formula is C9H21ClN2O2S. The van der Waals surface area contributed by atoms with Gasteiger partial charge in [-0.05, 0) is 19.9 Å². The molecular weight excluding hydrogens is 236 g/mol. The minimum atomic E-state index is -2.77. The average molecular weight is 257 g/mol. The van der Waals surface area contributed by atoms with Gasteiger partial charge in [-0.1, -0.05) is 6.92 Å². The third kappa shape index (κ3) is 4.68. The van der Waals surface area contributed by atoms with Crippen molar-refractivity contribution in [3.63, 3.8) is 0 Å². The van der Waals surface area contributed by atoms with Crippen molar-refractivity contribution in [2.45, 2.75) is 32.4 Å². The first-order valence-corrected chi connectivity index (χ1v) is 6.97. The maximum atomic E-state index is 11.3. The molecule has 0 amide bonds. The maximum absolute atomic E-state index is 11.3. The van der Waals surface area contributed by atoms with Crippen molar-refractivity contribution in [2.75, 3.05) is 24.6 Å². The third-order valence-corrected chi connectivity index (χ3v) is 4.40. The van der Waals surface area contributed by atoms with Crippen LogP contribution in [-0.4, -0.2) is 50.0 Å². The highest BCUT2D eigenvalue weighted by atomic mass is 35.5. The molecule has 15 heavy (non-hydrogen) atoms. The number of rotatable bonds is 4. The highest BCUT2D eigenvalue weighted by Gasteiger charge is 2.31. The molecule has 1 aliphatic rings. The molecule has 1 rings (SSSR count). The number of nitrogens with zero attached hydrogens (tertiary/aromatic N) is 1. The average Bonchev–Trinajstić information content (AvgIpc) is 2.41. The summed E-state index contributed by atoms with van der Waals surface area (Å²) < 4.78 is 22.6. The molecule has 2 unspecified atom stereocenters. The number of hydrogen-bond acceptors (Lipinski definition) is 4. The molecule has 6 heteroatoms. The van der Waals surface area contributed by atoms with Crippen molar-refractivity contribution >= 4 is 22.2 Å². The first-order chi connectivity index (χ1) is 6.44.